The van der Waals surface area contributed by atoms with Crippen molar-refractivity contribution in [1.29, 1.82) is 0 Å². The molecule has 4 aromatic rings. The Bertz CT molecular complexity index is 2360. The van der Waals surface area contributed by atoms with E-state index in [1.165, 1.54) is 43.3 Å². The summed E-state index contributed by atoms with van der Waals surface area (Å²) in [5, 5.41) is 146. The van der Waals surface area contributed by atoms with Crippen molar-refractivity contribution in [2.24, 2.45) is 0 Å². The van der Waals surface area contributed by atoms with Gasteiger partial charge in [0, 0.05) is 24.3 Å². The molecular weight excluding hydrogens is 872 g/mol. The highest BCUT2D eigenvalue weighted by Crippen LogP contribution is 2.43. The molecule has 4 heterocycles. The summed E-state index contributed by atoms with van der Waals surface area (Å²) < 4.78 is 45.9. The molecule has 3 aliphatic heterocycles. The summed E-state index contributed by atoms with van der Waals surface area (Å²) in [6.07, 6.45) is -23.3. The van der Waals surface area contributed by atoms with E-state index in [2.05, 4.69) is 0 Å². The van der Waals surface area contributed by atoms with Crippen molar-refractivity contribution in [1.82, 2.24) is 0 Å². The summed E-state index contributed by atoms with van der Waals surface area (Å²) in [7, 11) is 0. The third kappa shape index (κ3) is 9.97. The molecule has 0 aliphatic carbocycles. The number of esters is 1. The molecule has 7 rings (SSSR count). The van der Waals surface area contributed by atoms with Gasteiger partial charge in [-0.2, -0.15) is 0 Å². The molecule has 3 aromatic carbocycles. The number of hydrogen-bond donors (Lipinski definition) is 14. The van der Waals surface area contributed by atoms with E-state index in [1.807, 2.05) is 0 Å². The van der Waals surface area contributed by atoms with Crippen molar-refractivity contribution in [3.8, 4) is 51.6 Å². The van der Waals surface area contributed by atoms with E-state index in [4.69, 9.17) is 37.6 Å². The van der Waals surface area contributed by atoms with Crippen LogP contribution in [0.2, 0.25) is 0 Å². The van der Waals surface area contributed by atoms with Gasteiger partial charge in [0.2, 0.25) is 18.3 Å². The van der Waals surface area contributed by atoms with Gasteiger partial charge in [-0.05, 0) is 42.8 Å². The van der Waals surface area contributed by atoms with Gasteiger partial charge in [-0.1, -0.05) is 6.07 Å². The van der Waals surface area contributed by atoms with Crippen molar-refractivity contribution in [3.63, 3.8) is 0 Å². The Morgan fingerprint density at radius 1 is 0.646 bits per heavy atom. The van der Waals surface area contributed by atoms with Crippen LogP contribution >= 0.6 is 0 Å². The molecular formula is C42H47O23+. The average molecular weight is 920 g/mol. The summed E-state index contributed by atoms with van der Waals surface area (Å²) in [5.74, 6) is -4.18. The smallest absolute Gasteiger partial charge is 0.402 e. The van der Waals surface area contributed by atoms with E-state index in [1.54, 1.807) is 0 Å². The lowest BCUT2D eigenvalue weighted by atomic mass is 9.98. The molecule has 0 radical (unpaired) electrons. The summed E-state index contributed by atoms with van der Waals surface area (Å²) in [4.78, 5) is 12.6. The highest BCUT2D eigenvalue weighted by Gasteiger charge is 2.49. The molecule has 3 fully saturated rings. The Kier molecular flexibility index (Phi) is 14.2. The molecule has 14 N–H and O–H groups in total. The first-order chi connectivity index (χ1) is 30.8. The second-order valence-electron chi connectivity index (χ2n) is 15.5. The monoisotopic (exact) mass is 919 g/mol. The number of rotatable bonds is 12. The van der Waals surface area contributed by atoms with Gasteiger partial charge in [0.05, 0.1) is 30.9 Å². The number of aliphatic hydroxyl groups is 9. The van der Waals surface area contributed by atoms with Crippen LogP contribution in [0, 0.1) is 0 Å². The SMILES string of the molecule is CC1OC(OCC2OC(Oc3cc4c(OC5OC(CO)C(O)C(O)C5O)cc(O)cc4[o+]c3-c3ccc(O)c(O)c3)C(O)C(O)C2O)C(O)C(O)C1OC(=O)C=Cc1ccc(O)c(O)c1. The Balaban J connectivity index is 1.10. The minimum absolute atomic E-state index is 0.0384. The highest BCUT2D eigenvalue weighted by molar-refractivity contribution is 5.89. The zero-order chi connectivity index (χ0) is 47.0. The van der Waals surface area contributed by atoms with Crippen LogP contribution in [0.3, 0.4) is 0 Å². The minimum Gasteiger partial charge on any atom is -0.507 e. The Morgan fingerprint density at radius 3 is 1.89 bits per heavy atom. The first kappa shape index (κ1) is 47.3. The maximum atomic E-state index is 12.6. The molecule has 0 spiro atoms. The van der Waals surface area contributed by atoms with Crippen molar-refractivity contribution in [2.75, 3.05) is 13.2 Å². The van der Waals surface area contributed by atoms with Crippen molar-refractivity contribution in [3.05, 3.63) is 66.2 Å². The van der Waals surface area contributed by atoms with E-state index < -0.39 is 134 Å². The molecule has 65 heavy (non-hydrogen) atoms. The lowest BCUT2D eigenvalue weighted by Crippen LogP contribution is -2.62. The topological polar surface area (TPSA) is 376 Å². The molecule has 23 heteroatoms. The number of fused-ring (bicyclic) bond motifs is 1. The van der Waals surface area contributed by atoms with Gasteiger partial charge < -0.3 is 105 Å². The normalized spacial score (nSPS) is 32.9. The fourth-order valence-corrected chi connectivity index (χ4v) is 7.27. The van der Waals surface area contributed by atoms with Gasteiger partial charge in [0.25, 0.3) is 0 Å². The Morgan fingerprint density at radius 2 is 1.25 bits per heavy atom. The molecule has 0 amide bonds. The van der Waals surface area contributed by atoms with E-state index in [-0.39, 0.29) is 39.5 Å². The third-order valence-electron chi connectivity index (χ3n) is 10.9. The zero-order valence-corrected chi connectivity index (χ0v) is 33.9. The van der Waals surface area contributed by atoms with Crippen LogP contribution in [0.25, 0.3) is 28.4 Å². The van der Waals surface area contributed by atoms with Crippen molar-refractivity contribution < 1.29 is 114 Å². The van der Waals surface area contributed by atoms with E-state index in [0.29, 0.717) is 5.56 Å². The molecule has 15 atom stereocenters. The molecule has 0 bridgehead atoms. The summed E-state index contributed by atoms with van der Waals surface area (Å²) in [6.45, 7) is -0.0551. The van der Waals surface area contributed by atoms with Crippen LogP contribution in [0.1, 0.15) is 12.5 Å². The largest absolute Gasteiger partial charge is 0.507 e. The maximum Gasteiger partial charge on any atom is 0.402 e. The fourth-order valence-electron chi connectivity index (χ4n) is 7.27. The lowest BCUT2D eigenvalue weighted by Gasteiger charge is -2.42. The Hall–Kier alpha value is -5.64. The molecule has 0 saturated carbocycles. The van der Waals surface area contributed by atoms with E-state index in [9.17, 15) is 76.3 Å². The van der Waals surface area contributed by atoms with Gasteiger partial charge >= 0.3 is 17.3 Å². The van der Waals surface area contributed by atoms with E-state index >= 15 is 0 Å². The number of carbonyl (C=O) groups is 1. The molecule has 15 unspecified atom stereocenters. The van der Waals surface area contributed by atoms with Crippen LogP contribution in [0.15, 0.2) is 65.1 Å². The van der Waals surface area contributed by atoms with Gasteiger partial charge in [-0.15, -0.1) is 0 Å². The zero-order valence-electron chi connectivity index (χ0n) is 33.9. The number of phenols is 5. The predicted octanol–water partition coefficient (Wildman–Crippen LogP) is -1.62. The second kappa shape index (κ2) is 19.4. The first-order valence-corrected chi connectivity index (χ1v) is 19.9. The minimum atomic E-state index is -2.00. The number of hydrogen-bond acceptors (Lipinski definition) is 22. The summed E-state index contributed by atoms with van der Waals surface area (Å²) in [6, 6.07) is 10.7. The lowest BCUT2D eigenvalue weighted by molar-refractivity contribution is -0.319. The maximum absolute atomic E-state index is 12.6. The second-order valence-corrected chi connectivity index (χ2v) is 15.5. The number of aliphatic hydroxyl groups excluding tert-OH is 9. The van der Waals surface area contributed by atoms with Gasteiger partial charge in [0.15, 0.2) is 35.4 Å². The Labute approximate surface area is 366 Å². The van der Waals surface area contributed by atoms with Crippen LogP contribution in [0.5, 0.6) is 40.2 Å². The molecule has 23 nitrogen and oxygen atoms in total. The third-order valence-corrected chi connectivity index (χ3v) is 10.9. The van der Waals surface area contributed by atoms with Crippen LogP contribution in [0.4, 0.5) is 0 Å². The fraction of sp³-hybridized carbons (Fsp3) is 0.429. The summed E-state index contributed by atoms with van der Waals surface area (Å²) >= 11 is 0. The van der Waals surface area contributed by atoms with Gasteiger partial charge in [-0.3, -0.25) is 0 Å². The van der Waals surface area contributed by atoms with Gasteiger partial charge in [-0.25, -0.2) is 9.21 Å². The number of benzene rings is 3. The van der Waals surface area contributed by atoms with Crippen LogP contribution < -0.4 is 9.47 Å². The number of phenolic OH excluding ortho intramolecular Hbond substituents is 5. The van der Waals surface area contributed by atoms with Crippen LogP contribution in [-0.2, 0) is 28.5 Å². The van der Waals surface area contributed by atoms with E-state index in [0.717, 1.165) is 30.3 Å². The number of ether oxygens (including phenoxy) is 7. The quantitative estimate of drug-likeness (QED) is 0.0329. The number of carbonyl (C=O) groups excluding carboxylic acids is 1. The van der Waals surface area contributed by atoms with Gasteiger partial charge in [0.1, 0.15) is 77.9 Å². The standard InChI is InChI=1S/C42H46O23/c1-15-38(65-29(49)7-3-16-2-5-20(45)22(47)8-16)34(54)37(57)40(59-15)58-14-28-31(51)33(53)36(56)42(64-28)62-26-12-19-24(60-39(26)17-4-6-21(46)23(48)9-17)10-18(44)11-25(19)61-41-35(55)32(52)30(50)27(13-43)63-41/h2-12,15,27-28,30-38,40-43,50-57H,13-14H2,1H3,(H4-,44,45,46,47,48,49)/p+1. The molecule has 352 valence electrons. The molecule has 3 aliphatic rings. The highest BCUT2D eigenvalue weighted by atomic mass is 16.7. The van der Waals surface area contributed by atoms with Crippen LogP contribution in [-0.4, -0.2) is 183 Å². The first-order valence-electron chi connectivity index (χ1n) is 19.9. The van der Waals surface area contributed by atoms with Crippen molar-refractivity contribution in [2.45, 2.75) is 99.0 Å². The summed E-state index contributed by atoms with van der Waals surface area (Å²) in [5.41, 5.74) is 0.228. The average Bonchev–Trinajstić information content (AvgIpc) is 3.27. The number of aromatic hydroxyl groups is 5. The van der Waals surface area contributed by atoms with Crippen molar-refractivity contribution >= 4 is 23.0 Å². The molecule has 3 saturated heterocycles. The molecule has 1 aromatic heterocycles. The predicted molar refractivity (Wildman–Crippen MR) is 214 cm³/mol.